The smallest absolute Gasteiger partial charge is 0.260 e. The average Bonchev–Trinajstić information content (AvgIpc) is 4.18. The van der Waals surface area contributed by atoms with Gasteiger partial charge in [-0.1, -0.05) is 0 Å². The van der Waals surface area contributed by atoms with Gasteiger partial charge in [0.05, 0.1) is 28.4 Å². The highest BCUT2D eigenvalue weighted by Crippen LogP contribution is 2.21. The van der Waals surface area contributed by atoms with Gasteiger partial charge in [-0.3, -0.25) is 58.0 Å². The van der Waals surface area contributed by atoms with Gasteiger partial charge in [0.15, 0.2) is 0 Å². The van der Waals surface area contributed by atoms with Crippen molar-refractivity contribution < 1.29 is 57.3 Å². The van der Waals surface area contributed by atoms with Crippen molar-refractivity contribution >= 4 is 47.3 Å². The number of carbonyl (C=O) groups is 8. The van der Waals surface area contributed by atoms with Crippen molar-refractivity contribution in [3.8, 4) is 23.0 Å². The summed E-state index contributed by atoms with van der Waals surface area (Å²) in [5.41, 5.74) is 2.10. The maximum absolute atomic E-state index is 11.9. The van der Waals surface area contributed by atoms with Crippen LogP contribution in [0, 0.1) is 0 Å². The summed E-state index contributed by atoms with van der Waals surface area (Å²) in [6, 6.07) is 27.1. The highest BCUT2D eigenvalue weighted by Gasteiger charge is 2.30. The van der Waals surface area contributed by atoms with Gasteiger partial charge >= 0.3 is 0 Å². The van der Waals surface area contributed by atoms with Crippen molar-refractivity contribution in [3.63, 3.8) is 0 Å². The first-order chi connectivity index (χ1) is 30.9. The Kier molecular flexibility index (Phi) is 17.3. The number of hydrogen-bond donors (Lipinski definition) is 0. The fraction of sp³-hybridized carbons (Fsp3) is 0.333. The second kappa shape index (κ2) is 23.2. The lowest BCUT2D eigenvalue weighted by atomic mass is 10.2. The third kappa shape index (κ3) is 12.4. The molecule has 0 unspecified atom stereocenters. The first kappa shape index (κ1) is 47.7. The maximum Gasteiger partial charge on any atom is 0.260 e. The van der Waals surface area contributed by atoms with Crippen LogP contribution in [0.2, 0.25) is 0 Å². The Balaban J connectivity index is 0.000000161. The molecule has 0 saturated carbocycles. The number of nitrogens with zero attached hydrogens (tertiary/aromatic N) is 4. The molecule has 64 heavy (non-hydrogen) atoms. The Bertz CT molecular complexity index is 1970. The number of likely N-dealkylation sites (tertiary alicyclic amines) is 4. The van der Waals surface area contributed by atoms with Crippen LogP contribution in [-0.4, -0.2) is 121 Å². The molecule has 0 spiro atoms. The molecule has 0 radical (unpaired) electrons. The molecule has 0 aliphatic carbocycles. The molecule has 4 heterocycles. The van der Waals surface area contributed by atoms with Crippen molar-refractivity contribution in [2.24, 2.45) is 0 Å². The summed E-state index contributed by atoms with van der Waals surface area (Å²) >= 11 is 0. The van der Waals surface area contributed by atoms with Crippen LogP contribution in [-0.2, 0) is 19.2 Å². The van der Waals surface area contributed by atoms with Gasteiger partial charge in [-0.15, -0.1) is 0 Å². The Labute approximate surface area is 371 Å². The van der Waals surface area contributed by atoms with Gasteiger partial charge in [-0.25, -0.2) is 0 Å². The molecule has 4 aliphatic rings. The number of hydrogen-bond acceptors (Lipinski definition) is 12. The highest BCUT2D eigenvalue weighted by molar-refractivity contribution is 6.07. The summed E-state index contributed by atoms with van der Waals surface area (Å²) in [6.07, 6.45) is 4.95. The summed E-state index contributed by atoms with van der Waals surface area (Å²) in [5.74, 6) is 1.59. The molecular formula is C48H52N4O12. The molecule has 16 nitrogen and oxygen atoms in total. The lowest BCUT2D eigenvalue weighted by molar-refractivity contribution is -0.126. The summed E-state index contributed by atoms with van der Waals surface area (Å²) in [7, 11) is 6.28. The second-order valence-corrected chi connectivity index (χ2v) is 14.7. The van der Waals surface area contributed by atoms with E-state index in [9.17, 15) is 38.4 Å². The van der Waals surface area contributed by atoms with E-state index < -0.39 is 0 Å². The quantitative estimate of drug-likeness (QED) is 0.193. The van der Waals surface area contributed by atoms with Gasteiger partial charge in [0.1, 0.15) is 23.0 Å². The number of rotatable bonds is 8. The van der Waals surface area contributed by atoms with Crippen molar-refractivity contribution in [3.05, 3.63) is 119 Å². The number of amides is 8. The second-order valence-electron chi connectivity index (χ2n) is 14.7. The van der Waals surface area contributed by atoms with E-state index in [1.54, 1.807) is 126 Å². The minimum absolute atomic E-state index is 0.0826. The fourth-order valence-corrected chi connectivity index (χ4v) is 7.01. The number of carbonyl (C=O) groups excluding carboxylic acids is 8. The third-order valence-corrected chi connectivity index (χ3v) is 10.6. The topological polar surface area (TPSA) is 186 Å². The first-order valence-electron chi connectivity index (χ1n) is 20.8. The van der Waals surface area contributed by atoms with Crippen molar-refractivity contribution in [1.29, 1.82) is 0 Å². The predicted molar refractivity (Wildman–Crippen MR) is 233 cm³/mol. The molecule has 8 rings (SSSR count). The van der Waals surface area contributed by atoms with Crippen molar-refractivity contribution in [1.82, 2.24) is 19.6 Å². The molecule has 0 atom stereocenters. The fourth-order valence-electron chi connectivity index (χ4n) is 7.01. The summed E-state index contributed by atoms with van der Waals surface area (Å²) in [5, 5.41) is 0. The van der Waals surface area contributed by atoms with E-state index in [0.29, 0.717) is 97.1 Å². The molecular weight excluding hydrogens is 825 g/mol. The minimum Gasteiger partial charge on any atom is -0.497 e. The van der Waals surface area contributed by atoms with Crippen LogP contribution in [0.25, 0.3) is 0 Å². The Hall–Kier alpha value is -7.36. The van der Waals surface area contributed by atoms with E-state index in [2.05, 4.69) is 0 Å². The summed E-state index contributed by atoms with van der Waals surface area (Å²) in [6.45, 7) is 2.13. The van der Waals surface area contributed by atoms with E-state index in [0.717, 1.165) is 25.7 Å². The van der Waals surface area contributed by atoms with Crippen molar-refractivity contribution in [2.45, 2.75) is 51.4 Å². The standard InChI is InChI=1S/4C12H13NO3/c4*1-16-10-6-4-9(5-7-10)12(15)13-8-2-3-11(13)14/h4*4-7H,2-3,8H2,1H3. The lowest BCUT2D eigenvalue weighted by Crippen LogP contribution is -2.31. The van der Waals surface area contributed by atoms with E-state index in [1.807, 2.05) is 0 Å². The van der Waals surface area contributed by atoms with Crippen LogP contribution in [0.1, 0.15) is 92.8 Å². The monoisotopic (exact) mass is 876 g/mol. The van der Waals surface area contributed by atoms with Gasteiger partial charge in [0.2, 0.25) is 23.6 Å². The number of benzene rings is 4. The molecule has 0 bridgehead atoms. The zero-order chi connectivity index (χ0) is 46.2. The number of imide groups is 4. The SMILES string of the molecule is COc1ccc(C(=O)N2CCCC2=O)cc1.COc1ccc(C(=O)N2CCCC2=O)cc1.COc1ccc(C(=O)N2CCCC2=O)cc1.COc1ccc(C(=O)N2CCCC2=O)cc1. The highest BCUT2D eigenvalue weighted by atomic mass is 16.5. The van der Waals surface area contributed by atoms with E-state index in [4.69, 9.17) is 18.9 Å². The van der Waals surface area contributed by atoms with E-state index >= 15 is 0 Å². The molecule has 0 N–H and O–H groups in total. The predicted octanol–water partition coefficient (Wildman–Crippen LogP) is 5.83. The molecule has 336 valence electrons. The molecule has 0 aromatic heterocycles. The minimum atomic E-state index is -0.217. The Morgan fingerprint density at radius 2 is 0.500 bits per heavy atom. The molecule has 4 saturated heterocycles. The maximum atomic E-state index is 11.9. The van der Waals surface area contributed by atoms with Gasteiger partial charge in [-0.05, 0) is 123 Å². The van der Waals surface area contributed by atoms with E-state index in [1.165, 1.54) is 19.6 Å². The molecule has 4 aromatic carbocycles. The van der Waals surface area contributed by atoms with Crippen LogP contribution < -0.4 is 18.9 Å². The average molecular weight is 877 g/mol. The van der Waals surface area contributed by atoms with Crippen LogP contribution in [0.5, 0.6) is 23.0 Å². The van der Waals surface area contributed by atoms with Crippen molar-refractivity contribution in [2.75, 3.05) is 54.6 Å². The van der Waals surface area contributed by atoms with Gasteiger partial charge in [0.25, 0.3) is 23.6 Å². The van der Waals surface area contributed by atoms with Crippen LogP contribution in [0.15, 0.2) is 97.1 Å². The third-order valence-electron chi connectivity index (χ3n) is 10.6. The van der Waals surface area contributed by atoms with Crippen LogP contribution >= 0.6 is 0 Å². The summed E-state index contributed by atoms with van der Waals surface area (Å²) in [4.78, 5) is 98.5. The Morgan fingerprint density at radius 3 is 0.625 bits per heavy atom. The largest absolute Gasteiger partial charge is 0.497 e. The Morgan fingerprint density at radius 1 is 0.328 bits per heavy atom. The molecule has 4 fully saturated rings. The lowest BCUT2D eigenvalue weighted by Gasteiger charge is -2.13. The normalized spacial score (nSPS) is 15.3. The van der Waals surface area contributed by atoms with Gasteiger partial charge in [-0.2, -0.15) is 0 Å². The first-order valence-corrected chi connectivity index (χ1v) is 20.8. The zero-order valence-corrected chi connectivity index (χ0v) is 36.4. The number of ether oxygens (including phenoxy) is 4. The van der Waals surface area contributed by atoms with Gasteiger partial charge < -0.3 is 18.9 Å². The van der Waals surface area contributed by atoms with Crippen LogP contribution in [0.3, 0.4) is 0 Å². The zero-order valence-electron chi connectivity index (χ0n) is 36.4. The van der Waals surface area contributed by atoms with E-state index in [-0.39, 0.29) is 47.3 Å². The molecule has 4 aromatic rings. The van der Waals surface area contributed by atoms with Gasteiger partial charge in [0, 0.05) is 74.1 Å². The molecule has 8 amide bonds. The molecule has 16 heteroatoms. The number of methoxy groups -OCH3 is 4. The summed E-state index contributed by atoms with van der Waals surface area (Å²) < 4.78 is 20.0. The van der Waals surface area contributed by atoms with Crippen LogP contribution in [0.4, 0.5) is 0 Å². The molecule has 4 aliphatic heterocycles.